The Morgan fingerprint density at radius 1 is 1.22 bits per heavy atom. The fourth-order valence-corrected chi connectivity index (χ4v) is 4.53. The Balaban J connectivity index is 1.74. The average Bonchev–Trinajstić information content (AvgIpc) is 2.67. The molecule has 2 heterocycles. The highest BCUT2D eigenvalue weighted by Crippen LogP contribution is 2.19. The number of aromatic nitrogens is 3. The van der Waals surface area contributed by atoms with Gasteiger partial charge >= 0.3 is 0 Å². The summed E-state index contributed by atoms with van der Waals surface area (Å²) in [5.74, 6) is -0.0515. The number of halogens is 1. The Bertz CT molecular complexity index is 906. The Morgan fingerprint density at radius 3 is 2.70 bits per heavy atom. The predicted molar refractivity (Wildman–Crippen MR) is 101 cm³/mol. The van der Waals surface area contributed by atoms with Crippen molar-refractivity contribution in [3.05, 3.63) is 41.5 Å². The van der Waals surface area contributed by atoms with Crippen molar-refractivity contribution in [3.63, 3.8) is 0 Å². The van der Waals surface area contributed by atoms with Crippen LogP contribution in [0.1, 0.15) is 38.1 Å². The molecular formula is C18H24FN5O2S. The quantitative estimate of drug-likeness (QED) is 0.808. The van der Waals surface area contributed by atoms with Crippen molar-refractivity contribution in [2.24, 2.45) is 0 Å². The van der Waals surface area contributed by atoms with Crippen LogP contribution in [0.15, 0.2) is 29.2 Å². The van der Waals surface area contributed by atoms with Crippen LogP contribution in [-0.2, 0) is 22.9 Å². The molecule has 1 aliphatic rings. The molecule has 9 heteroatoms. The number of piperidine rings is 1. The summed E-state index contributed by atoms with van der Waals surface area (Å²) < 4.78 is 41.1. The van der Waals surface area contributed by atoms with Crippen molar-refractivity contribution < 1.29 is 12.8 Å². The lowest BCUT2D eigenvalue weighted by Gasteiger charge is -2.33. The average molecular weight is 393 g/mol. The molecule has 0 amide bonds. The van der Waals surface area contributed by atoms with E-state index in [1.54, 1.807) is 0 Å². The minimum Gasteiger partial charge on any atom is -0.338 e. The van der Waals surface area contributed by atoms with Crippen molar-refractivity contribution in [2.45, 2.75) is 50.5 Å². The third-order valence-corrected chi connectivity index (χ3v) is 6.15. The number of hydrogen-bond donors (Lipinski definition) is 1. The largest absolute Gasteiger partial charge is 0.338 e. The van der Waals surface area contributed by atoms with Gasteiger partial charge < -0.3 is 4.90 Å². The molecule has 0 radical (unpaired) electrons. The van der Waals surface area contributed by atoms with Gasteiger partial charge in [-0.2, -0.15) is 5.10 Å². The maximum atomic E-state index is 13.4. The zero-order valence-corrected chi connectivity index (χ0v) is 16.3. The molecule has 0 saturated carbocycles. The first-order chi connectivity index (χ1) is 12.9. The number of benzene rings is 1. The molecule has 1 unspecified atom stereocenters. The monoisotopic (exact) mass is 393 g/mol. The van der Waals surface area contributed by atoms with E-state index in [2.05, 4.69) is 19.9 Å². The second-order valence-corrected chi connectivity index (χ2v) is 8.29. The van der Waals surface area contributed by atoms with Crippen LogP contribution in [-0.4, -0.2) is 42.7 Å². The molecule has 1 atom stereocenters. The van der Waals surface area contributed by atoms with Crippen LogP contribution < -0.4 is 9.62 Å². The topological polar surface area (TPSA) is 88.1 Å². The molecule has 1 saturated heterocycles. The van der Waals surface area contributed by atoms with Crippen LogP contribution >= 0.6 is 0 Å². The summed E-state index contributed by atoms with van der Waals surface area (Å²) in [6.45, 7) is 5.24. The molecule has 1 fully saturated rings. The molecule has 1 N–H and O–H groups in total. The zero-order valence-electron chi connectivity index (χ0n) is 15.5. The molecular weight excluding hydrogens is 369 g/mol. The number of sulfonamides is 1. The highest BCUT2D eigenvalue weighted by Gasteiger charge is 2.27. The first-order valence-electron chi connectivity index (χ1n) is 9.18. The first kappa shape index (κ1) is 19.6. The number of aryl methyl sites for hydroxylation is 2. The fraction of sp³-hybridized carbons (Fsp3) is 0.500. The van der Waals surface area contributed by atoms with E-state index in [9.17, 15) is 12.8 Å². The van der Waals surface area contributed by atoms with Crippen molar-refractivity contribution in [2.75, 3.05) is 18.0 Å². The zero-order chi connectivity index (χ0) is 19.4. The molecule has 0 aliphatic carbocycles. The van der Waals surface area contributed by atoms with Crippen LogP contribution in [0.5, 0.6) is 0 Å². The Kier molecular flexibility index (Phi) is 6.01. The maximum Gasteiger partial charge on any atom is 0.245 e. The molecule has 2 aromatic rings. The van der Waals surface area contributed by atoms with E-state index in [0.29, 0.717) is 18.9 Å². The fourth-order valence-electron chi connectivity index (χ4n) is 3.24. The molecule has 7 nitrogen and oxygen atoms in total. The van der Waals surface area contributed by atoms with E-state index < -0.39 is 15.8 Å². The van der Waals surface area contributed by atoms with Crippen LogP contribution in [0.25, 0.3) is 0 Å². The van der Waals surface area contributed by atoms with Gasteiger partial charge in [0, 0.05) is 19.1 Å². The molecule has 1 aliphatic heterocycles. The number of hydrogen-bond acceptors (Lipinski definition) is 6. The van der Waals surface area contributed by atoms with E-state index in [1.807, 2.05) is 18.7 Å². The normalized spacial score (nSPS) is 17.9. The van der Waals surface area contributed by atoms with E-state index >= 15 is 0 Å². The van der Waals surface area contributed by atoms with Crippen LogP contribution in [0.4, 0.5) is 10.3 Å². The first-order valence-corrected chi connectivity index (χ1v) is 10.7. The molecule has 27 heavy (non-hydrogen) atoms. The molecule has 3 rings (SSSR count). The Morgan fingerprint density at radius 2 is 2.00 bits per heavy atom. The van der Waals surface area contributed by atoms with Crippen LogP contribution in [0, 0.1) is 5.82 Å². The second-order valence-electron chi connectivity index (χ2n) is 6.58. The highest BCUT2D eigenvalue weighted by atomic mass is 32.2. The Hall–Kier alpha value is -2.13. The highest BCUT2D eigenvalue weighted by molar-refractivity contribution is 7.89. The molecule has 0 spiro atoms. The summed E-state index contributed by atoms with van der Waals surface area (Å²) >= 11 is 0. The SMILES string of the molecule is CCc1nnc(N2CCCC(NS(=O)(=O)c3cccc(F)c3)C2)nc1CC. The standard InChI is InChI=1S/C18H24FN5O2S/c1-3-16-17(4-2)21-22-18(20-16)24-10-6-8-14(12-24)23-27(25,26)15-9-5-7-13(19)11-15/h5,7,9,11,14,23H,3-4,6,8,10,12H2,1-2H3. The van der Waals surface area contributed by atoms with E-state index in [1.165, 1.54) is 18.2 Å². The van der Waals surface area contributed by atoms with Crippen LogP contribution in [0.3, 0.4) is 0 Å². The van der Waals surface area contributed by atoms with Gasteiger partial charge in [-0.1, -0.05) is 19.9 Å². The van der Waals surface area contributed by atoms with Crippen molar-refractivity contribution in [1.29, 1.82) is 0 Å². The van der Waals surface area contributed by atoms with Crippen molar-refractivity contribution >= 4 is 16.0 Å². The molecule has 0 bridgehead atoms. The van der Waals surface area contributed by atoms with E-state index in [-0.39, 0.29) is 10.9 Å². The van der Waals surface area contributed by atoms with Gasteiger partial charge in [-0.25, -0.2) is 22.5 Å². The summed E-state index contributed by atoms with van der Waals surface area (Å²) in [4.78, 5) is 6.49. The molecule has 146 valence electrons. The third kappa shape index (κ3) is 4.59. The van der Waals surface area contributed by atoms with Crippen LogP contribution in [0.2, 0.25) is 0 Å². The summed E-state index contributed by atoms with van der Waals surface area (Å²) in [5.41, 5.74) is 1.81. The van der Waals surface area contributed by atoms with E-state index in [4.69, 9.17) is 0 Å². The summed E-state index contributed by atoms with van der Waals surface area (Å²) in [6.07, 6.45) is 3.05. The van der Waals surface area contributed by atoms with Gasteiger partial charge in [-0.05, 0) is 43.9 Å². The second kappa shape index (κ2) is 8.26. The summed E-state index contributed by atoms with van der Waals surface area (Å²) in [7, 11) is -3.78. The van der Waals surface area contributed by atoms with Gasteiger partial charge in [-0.15, -0.1) is 5.10 Å². The lowest BCUT2D eigenvalue weighted by molar-refractivity contribution is 0.459. The van der Waals surface area contributed by atoms with Gasteiger partial charge in [0.25, 0.3) is 0 Å². The van der Waals surface area contributed by atoms with E-state index in [0.717, 1.165) is 43.3 Å². The number of rotatable bonds is 6. The third-order valence-electron chi connectivity index (χ3n) is 4.63. The Labute approximate surface area is 159 Å². The number of nitrogens with zero attached hydrogens (tertiary/aromatic N) is 4. The summed E-state index contributed by atoms with van der Waals surface area (Å²) in [6, 6.07) is 4.71. The molecule has 1 aromatic carbocycles. The van der Waals surface area contributed by atoms with Gasteiger partial charge in [-0.3, -0.25) is 0 Å². The van der Waals surface area contributed by atoms with Crippen molar-refractivity contribution in [1.82, 2.24) is 19.9 Å². The minimum atomic E-state index is -3.78. The smallest absolute Gasteiger partial charge is 0.245 e. The van der Waals surface area contributed by atoms with Gasteiger partial charge in [0.2, 0.25) is 16.0 Å². The molecule has 1 aromatic heterocycles. The maximum absolute atomic E-state index is 13.4. The predicted octanol–water partition coefficient (Wildman–Crippen LogP) is 2.08. The summed E-state index contributed by atoms with van der Waals surface area (Å²) in [5, 5.41) is 8.49. The van der Waals surface area contributed by atoms with Gasteiger partial charge in [0.05, 0.1) is 16.3 Å². The van der Waals surface area contributed by atoms with Gasteiger partial charge in [0.1, 0.15) is 5.82 Å². The lowest BCUT2D eigenvalue weighted by Crippen LogP contribution is -2.48. The van der Waals surface area contributed by atoms with Gasteiger partial charge in [0.15, 0.2) is 0 Å². The minimum absolute atomic E-state index is 0.0712. The number of anilines is 1. The van der Waals surface area contributed by atoms with Crippen molar-refractivity contribution in [3.8, 4) is 0 Å². The number of nitrogens with one attached hydrogen (secondary N) is 1. The lowest BCUT2D eigenvalue weighted by atomic mass is 10.1.